The summed E-state index contributed by atoms with van der Waals surface area (Å²) in [6.45, 7) is 1.97. The zero-order chi connectivity index (χ0) is 20.1. The number of carbonyl (C=O) groups is 2. The molecule has 0 spiro atoms. The van der Waals surface area contributed by atoms with Crippen LogP contribution in [0.1, 0.15) is 43.8 Å². The van der Waals surface area contributed by atoms with Crippen LogP contribution in [-0.4, -0.2) is 61.9 Å². The lowest BCUT2D eigenvalue weighted by atomic mass is 9.98. The molecule has 7 nitrogen and oxygen atoms in total. The number of nitrogens with zero attached hydrogens (tertiary/aromatic N) is 2. The first-order valence-electron chi connectivity index (χ1n) is 9.85. The Morgan fingerprint density at radius 3 is 2.18 bits per heavy atom. The second kappa shape index (κ2) is 9.05. The molecule has 0 saturated carbocycles. The second-order valence-electron chi connectivity index (χ2n) is 7.55. The molecule has 1 aromatic carbocycles. The number of benzene rings is 1. The highest BCUT2D eigenvalue weighted by atomic mass is 32.2. The van der Waals surface area contributed by atoms with Crippen LogP contribution in [0.2, 0.25) is 0 Å². The van der Waals surface area contributed by atoms with Crippen LogP contribution in [0, 0.1) is 5.92 Å². The zero-order valence-corrected chi connectivity index (χ0v) is 17.1. The Labute approximate surface area is 166 Å². The lowest BCUT2D eigenvalue weighted by Crippen LogP contribution is -2.42. The summed E-state index contributed by atoms with van der Waals surface area (Å²) >= 11 is 0. The van der Waals surface area contributed by atoms with Crippen molar-refractivity contribution in [3.8, 4) is 0 Å². The van der Waals surface area contributed by atoms with E-state index in [-0.39, 0.29) is 5.91 Å². The molecule has 0 radical (unpaired) electrons. The highest BCUT2D eigenvalue weighted by molar-refractivity contribution is 7.88. The summed E-state index contributed by atoms with van der Waals surface area (Å²) in [5, 5.41) is 0. The fourth-order valence-corrected chi connectivity index (χ4v) is 4.68. The van der Waals surface area contributed by atoms with Gasteiger partial charge in [-0.2, -0.15) is 0 Å². The molecule has 8 heteroatoms. The van der Waals surface area contributed by atoms with Crippen LogP contribution in [-0.2, 0) is 24.3 Å². The number of likely N-dealkylation sites (tertiary alicyclic amines) is 1. The largest absolute Gasteiger partial charge is 0.447 e. The number of piperidine rings is 2. The minimum absolute atomic E-state index is 0.173. The van der Waals surface area contributed by atoms with Gasteiger partial charge in [-0.25, -0.2) is 12.7 Å². The molecular formula is C20H28N2O5S. The number of carbonyl (C=O) groups excluding carboxylic acids is 2. The summed E-state index contributed by atoms with van der Waals surface area (Å²) in [5.41, 5.74) is 0.667. The van der Waals surface area contributed by atoms with Crippen LogP contribution in [0.3, 0.4) is 0 Å². The van der Waals surface area contributed by atoms with Crippen molar-refractivity contribution in [2.24, 2.45) is 5.92 Å². The number of sulfonamides is 1. The monoisotopic (exact) mass is 408 g/mol. The van der Waals surface area contributed by atoms with Crippen LogP contribution in [0.25, 0.3) is 0 Å². The molecule has 1 amide bonds. The fourth-order valence-electron chi connectivity index (χ4n) is 3.80. The summed E-state index contributed by atoms with van der Waals surface area (Å²) in [5.74, 6) is -0.987. The third kappa shape index (κ3) is 5.11. The van der Waals surface area contributed by atoms with Crippen molar-refractivity contribution in [3.63, 3.8) is 0 Å². The molecule has 154 valence electrons. The Kier molecular flexibility index (Phi) is 6.72. The zero-order valence-electron chi connectivity index (χ0n) is 16.2. The number of hydrogen-bond acceptors (Lipinski definition) is 5. The maximum atomic E-state index is 13.1. The first-order valence-corrected chi connectivity index (χ1v) is 11.7. The van der Waals surface area contributed by atoms with Crippen molar-refractivity contribution < 1.29 is 22.7 Å². The SMILES string of the molecule is CS(=O)(=O)N1CCC(C(=O)OC(C(=O)N2CCCCC2)c2ccccc2)CC1. The minimum atomic E-state index is -3.25. The van der Waals surface area contributed by atoms with Gasteiger partial charge in [0.15, 0.2) is 0 Å². The summed E-state index contributed by atoms with van der Waals surface area (Å²) in [7, 11) is -3.25. The molecule has 2 aliphatic heterocycles. The molecule has 0 bridgehead atoms. The Balaban J connectivity index is 1.69. The lowest BCUT2D eigenvalue weighted by molar-refractivity contribution is -0.165. The molecular weight excluding hydrogens is 380 g/mol. The van der Waals surface area contributed by atoms with Gasteiger partial charge in [0.05, 0.1) is 12.2 Å². The van der Waals surface area contributed by atoms with Gasteiger partial charge in [0, 0.05) is 31.7 Å². The van der Waals surface area contributed by atoms with Crippen molar-refractivity contribution in [1.29, 1.82) is 0 Å². The Morgan fingerprint density at radius 2 is 1.61 bits per heavy atom. The molecule has 1 unspecified atom stereocenters. The first-order chi connectivity index (χ1) is 13.4. The van der Waals surface area contributed by atoms with Gasteiger partial charge in [0.25, 0.3) is 5.91 Å². The summed E-state index contributed by atoms with van der Waals surface area (Å²) in [6, 6.07) is 9.10. The smallest absolute Gasteiger partial charge is 0.310 e. The van der Waals surface area contributed by atoms with E-state index in [4.69, 9.17) is 4.74 Å². The average molecular weight is 409 g/mol. The summed E-state index contributed by atoms with van der Waals surface area (Å²) < 4.78 is 30.4. The Morgan fingerprint density at radius 1 is 1.00 bits per heavy atom. The van der Waals surface area contributed by atoms with Crippen LogP contribution >= 0.6 is 0 Å². The van der Waals surface area contributed by atoms with Crippen molar-refractivity contribution in [2.45, 2.75) is 38.2 Å². The molecule has 2 fully saturated rings. The normalized spacial score (nSPS) is 20.5. The van der Waals surface area contributed by atoms with Gasteiger partial charge in [0.1, 0.15) is 0 Å². The summed E-state index contributed by atoms with van der Waals surface area (Å²) in [4.78, 5) is 27.6. The number of rotatable bonds is 5. The number of esters is 1. The standard InChI is InChI=1S/C20H28N2O5S/c1-28(25,26)22-14-10-17(11-15-22)20(24)27-18(16-8-4-2-5-9-16)19(23)21-12-6-3-7-13-21/h2,4-5,8-9,17-18H,3,6-7,10-15H2,1H3. The van der Waals surface area contributed by atoms with Crippen molar-refractivity contribution in [3.05, 3.63) is 35.9 Å². The van der Waals surface area contributed by atoms with Gasteiger partial charge < -0.3 is 9.64 Å². The predicted octanol–water partition coefficient (Wildman–Crippen LogP) is 1.95. The molecule has 3 rings (SSSR count). The van der Waals surface area contributed by atoms with Crippen LogP contribution in [0.15, 0.2) is 30.3 Å². The van der Waals surface area contributed by atoms with Gasteiger partial charge in [-0.3, -0.25) is 9.59 Å². The van der Waals surface area contributed by atoms with Crippen LogP contribution in [0.5, 0.6) is 0 Å². The van der Waals surface area contributed by atoms with E-state index < -0.39 is 28.0 Å². The number of hydrogen-bond donors (Lipinski definition) is 0. The van der Waals surface area contributed by atoms with Gasteiger partial charge >= 0.3 is 5.97 Å². The van der Waals surface area contributed by atoms with Crippen molar-refractivity contribution >= 4 is 21.9 Å². The van der Waals surface area contributed by atoms with Crippen molar-refractivity contribution in [2.75, 3.05) is 32.4 Å². The van der Waals surface area contributed by atoms with Crippen LogP contribution < -0.4 is 0 Å². The topological polar surface area (TPSA) is 84.0 Å². The van der Waals surface area contributed by atoms with E-state index >= 15 is 0 Å². The maximum Gasteiger partial charge on any atom is 0.310 e. The second-order valence-corrected chi connectivity index (χ2v) is 9.53. The lowest BCUT2D eigenvalue weighted by Gasteiger charge is -2.32. The number of amides is 1. The molecule has 0 aliphatic carbocycles. The number of ether oxygens (including phenoxy) is 1. The molecule has 28 heavy (non-hydrogen) atoms. The van der Waals surface area contributed by atoms with E-state index in [9.17, 15) is 18.0 Å². The molecule has 0 aromatic heterocycles. The van der Waals surface area contributed by atoms with Gasteiger partial charge in [-0.1, -0.05) is 30.3 Å². The van der Waals surface area contributed by atoms with E-state index in [0.717, 1.165) is 19.3 Å². The van der Waals surface area contributed by atoms with E-state index in [1.807, 2.05) is 18.2 Å². The Hall–Kier alpha value is -1.93. The van der Waals surface area contributed by atoms with Gasteiger partial charge in [-0.15, -0.1) is 0 Å². The van der Waals surface area contributed by atoms with E-state index in [0.29, 0.717) is 44.6 Å². The highest BCUT2D eigenvalue weighted by Gasteiger charge is 2.35. The predicted molar refractivity (Wildman–Crippen MR) is 105 cm³/mol. The van der Waals surface area contributed by atoms with E-state index in [2.05, 4.69) is 0 Å². The fraction of sp³-hybridized carbons (Fsp3) is 0.600. The van der Waals surface area contributed by atoms with E-state index in [1.165, 1.54) is 10.6 Å². The van der Waals surface area contributed by atoms with Gasteiger partial charge in [0.2, 0.25) is 16.1 Å². The van der Waals surface area contributed by atoms with E-state index in [1.54, 1.807) is 17.0 Å². The average Bonchev–Trinajstić information content (AvgIpc) is 2.72. The maximum absolute atomic E-state index is 13.1. The highest BCUT2D eigenvalue weighted by Crippen LogP contribution is 2.27. The Bertz CT molecular complexity index is 782. The van der Waals surface area contributed by atoms with Crippen molar-refractivity contribution in [1.82, 2.24) is 9.21 Å². The molecule has 0 N–H and O–H groups in total. The summed E-state index contributed by atoms with van der Waals surface area (Å²) in [6.07, 6.45) is 4.08. The van der Waals surface area contributed by atoms with Crippen LogP contribution in [0.4, 0.5) is 0 Å². The third-order valence-electron chi connectivity index (χ3n) is 5.48. The molecule has 2 aliphatic rings. The molecule has 1 aromatic rings. The third-order valence-corrected chi connectivity index (χ3v) is 6.79. The quantitative estimate of drug-likeness (QED) is 0.696. The molecule has 2 saturated heterocycles. The molecule has 2 heterocycles. The van der Waals surface area contributed by atoms with Gasteiger partial charge in [-0.05, 0) is 32.1 Å². The first kappa shape index (κ1) is 20.8. The minimum Gasteiger partial charge on any atom is -0.447 e. The molecule has 1 atom stereocenters.